The molecule has 0 saturated carbocycles. The summed E-state index contributed by atoms with van der Waals surface area (Å²) in [5, 5.41) is 11.4. The van der Waals surface area contributed by atoms with Crippen LogP contribution in [0.3, 0.4) is 0 Å². The second-order valence-electron chi connectivity index (χ2n) is 7.88. The molecule has 1 aromatic carbocycles. The number of aromatic nitrogens is 4. The highest BCUT2D eigenvalue weighted by atomic mass is 32.2. The van der Waals surface area contributed by atoms with Crippen LogP contribution in [0.4, 0.5) is 24.7 Å². The topological polar surface area (TPSA) is 133 Å². The van der Waals surface area contributed by atoms with Crippen LogP contribution in [-0.2, 0) is 16.0 Å². The molecule has 1 atom stereocenters. The van der Waals surface area contributed by atoms with Crippen molar-refractivity contribution in [3.63, 3.8) is 0 Å². The first kappa shape index (κ1) is 25.2. The van der Waals surface area contributed by atoms with Gasteiger partial charge in [0, 0.05) is 24.1 Å². The summed E-state index contributed by atoms with van der Waals surface area (Å²) < 4.78 is 37.3. The molecule has 0 unspecified atom stereocenters. The van der Waals surface area contributed by atoms with Crippen LogP contribution in [-0.4, -0.2) is 62.9 Å². The lowest BCUT2D eigenvalue weighted by molar-refractivity contribution is -0.150. The summed E-state index contributed by atoms with van der Waals surface area (Å²) in [7, 11) is 1.49. The highest BCUT2D eigenvalue weighted by Gasteiger charge is 2.33. The summed E-state index contributed by atoms with van der Waals surface area (Å²) in [5.41, 5.74) is 1.37. The van der Waals surface area contributed by atoms with E-state index in [1.54, 1.807) is 0 Å². The molecule has 3 amide bonds. The van der Waals surface area contributed by atoms with Crippen LogP contribution in [0.2, 0.25) is 0 Å². The SMILES string of the molecule is CN1C(=O)[C@@H](NC(=O)c2n[nH]c(Cc3ccccc3)n2)CSc2cc(NC(=O)CC(F)(F)F)ncc21. The van der Waals surface area contributed by atoms with Crippen molar-refractivity contribution in [2.24, 2.45) is 0 Å². The number of anilines is 2. The number of halogens is 3. The average molecular weight is 520 g/mol. The van der Waals surface area contributed by atoms with Crippen molar-refractivity contribution in [1.29, 1.82) is 0 Å². The number of pyridine rings is 1. The van der Waals surface area contributed by atoms with E-state index in [-0.39, 0.29) is 17.4 Å². The molecule has 1 aliphatic heterocycles. The van der Waals surface area contributed by atoms with E-state index < -0.39 is 36.4 Å². The van der Waals surface area contributed by atoms with Crippen LogP contribution in [0.25, 0.3) is 0 Å². The molecule has 188 valence electrons. The van der Waals surface area contributed by atoms with Crippen LogP contribution in [0, 0.1) is 0 Å². The molecule has 4 rings (SSSR count). The van der Waals surface area contributed by atoms with Crippen molar-refractivity contribution < 1.29 is 27.6 Å². The maximum absolute atomic E-state index is 13.0. The Morgan fingerprint density at radius 1 is 1.25 bits per heavy atom. The van der Waals surface area contributed by atoms with Gasteiger partial charge in [0.25, 0.3) is 5.91 Å². The average Bonchev–Trinajstić information content (AvgIpc) is 3.25. The predicted molar refractivity (Wildman–Crippen MR) is 125 cm³/mol. The van der Waals surface area contributed by atoms with E-state index in [9.17, 15) is 27.6 Å². The molecule has 3 aromatic rings. The molecule has 10 nitrogen and oxygen atoms in total. The molecule has 1 aliphatic rings. The van der Waals surface area contributed by atoms with Gasteiger partial charge in [0.15, 0.2) is 0 Å². The Labute approximate surface area is 207 Å². The van der Waals surface area contributed by atoms with Crippen LogP contribution in [0.5, 0.6) is 0 Å². The highest BCUT2D eigenvalue weighted by Crippen LogP contribution is 2.35. The largest absolute Gasteiger partial charge is 0.397 e. The zero-order valence-corrected chi connectivity index (χ0v) is 19.6. The van der Waals surface area contributed by atoms with Gasteiger partial charge >= 0.3 is 6.18 Å². The number of fused-ring (bicyclic) bond motifs is 1. The molecule has 0 radical (unpaired) electrons. The number of carbonyl (C=O) groups excluding carboxylic acids is 3. The molecular formula is C22H20F3N7O3S. The molecule has 0 fully saturated rings. The van der Waals surface area contributed by atoms with Crippen LogP contribution < -0.4 is 15.5 Å². The monoisotopic (exact) mass is 519 g/mol. The summed E-state index contributed by atoms with van der Waals surface area (Å²) in [6.07, 6.45) is -4.56. The number of thioether (sulfide) groups is 1. The minimum atomic E-state index is -4.64. The van der Waals surface area contributed by atoms with E-state index in [4.69, 9.17) is 0 Å². The number of aromatic amines is 1. The Bertz CT molecular complexity index is 1280. The van der Waals surface area contributed by atoms with Crippen LogP contribution >= 0.6 is 11.8 Å². The van der Waals surface area contributed by atoms with Gasteiger partial charge in [-0.3, -0.25) is 19.5 Å². The normalized spacial score (nSPS) is 15.7. The number of alkyl halides is 3. The number of H-pyrrole nitrogens is 1. The van der Waals surface area contributed by atoms with E-state index in [1.807, 2.05) is 30.3 Å². The first-order chi connectivity index (χ1) is 17.1. The zero-order valence-electron chi connectivity index (χ0n) is 18.8. The maximum atomic E-state index is 13.0. The Hall–Kier alpha value is -3.94. The smallest absolute Gasteiger partial charge is 0.337 e. The molecule has 0 bridgehead atoms. The number of hydrogen-bond acceptors (Lipinski definition) is 7. The number of nitrogens with one attached hydrogen (secondary N) is 3. The van der Waals surface area contributed by atoms with E-state index in [0.717, 1.165) is 5.56 Å². The van der Waals surface area contributed by atoms with Gasteiger partial charge in [-0.25, -0.2) is 9.97 Å². The van der Waals surface area contributed by atoms with Gasteiger partial charge in [-0.15, -0.1) is 16.9 Å². The third-order valence-corrected chi connectivity index (χ3v) is 6.26. The number of rotatable bonds is 6. The lowest BCUT2D eigenvalue weighted by Crippen LogP contribution is -2.48. The van der Waals surface area contributed by atoms with E-state index in [1.165, 1.54) is 36.0 Å². The number of amides is 3. The van der Waals surface area contributed by atoms with Crippen molar-refractivity contribution in [2.75, 3.05) is 23.0 Å². The zero-order chi connectivity index (χ0) is 25.9. The van der Waals surface area contributed by atoms with Crippen molar-refractivity contribution in [1.82, 2.24) is 25.5 Å². The van der Waals surface area contributed by atoms with Gasteiger partial charge in [-0.05, 0) is 11.6 Å². The second kappa shape index (κ2) is 10.4. The highest BCUT2D eigenvalue weighted by molar-refractivity contribution is 7.99. The first-order valence-electron chi connectivity index (χ1n) is 10.6. The molecule has 0 aliphatic carbocycles. The molecule has 14 heteroatoms. The molecule has 3 N–H and O–H groups in total. The number of nitrogens with zero attached hydrogens (tertiary/aromatic N) is 4. The van der Waals surface area contributed by atoms with Crippen LogP contribution in [0.1, 0.15) is 28.4 Å². The van der Waals surface area contributed by atoms with Gasteiger partial charge in [0.05, 0.1) is 11.9 Å². The van der Waals surface area contributed by atoms with Gasteiger partial charge in [-0.2, -0.15) is 13.2 Å². The summed E-state index contributed by atoms with van der Waals surface area (Å²) in [5.74, 6) is -1.88. The standard InChI is InChI=1S/C22H20F3N7O3S/c1-32-14-10-26-16(28-18(33)9-22(23,24)25)8-15(14)36-11-13(21(32)35)27-20(34)19-29-17(30-31-19)7-12-5-3-2-4-6-12/h2-6,8,10,13H,7,9,11H2,1H3,(H,27,34)(H,26,28,33)(H,29,30,31)/t13-/m0/s1. The Morgan fingerprint density at radius 3 is 2.72 bits per heavy atom. The van der Waals surface area contributed by atoms with E-state index >= 15 is 0 Å². The Kier molecular flexibility index (Phi) is 7.24. The molecule has 36 heavy (non-hydrogen) atoms. The van der Waals surface area contributed by atoms with Gasteiger partial charge < -0.3 is 15.5 Å². The van der Waals surface area contributed by atoms with Crippen molar-refractivity contribution in [2.45, 2.75) is 30.0 Å². The quantitative estimate of drug-likeness (QED) is 0.456. The maximum Gasteiger partial charge on any atom is 0.397 e. The Morgan fingerprint density at radius 2 is 2.00 bits per heavy atom. The molecule has 2 aromatic heterocycles. The van der Waals surface area contributed by atoms with Crippen molar-refractivity contribution >= 4 is 41.0 Å². The number of carbonyl (C=O) groups is 3. The fourth-order valence-electron chi connectivity index (χ4n) is 3.42. The Balaban J connectivity index is 1.41. The third kappa shape index (κ3) is 6.19. The summed E-state index contributed by atoms with van der Waals surface area (Å²) >= 11 is 1.18. The lowest BCUT2D eigenvalue weighted by Gasteiger charge is -2.21. The van der Waals surface area contributed by atoms with Gasteiger partial charge in [0.1, 0.15) is 24.1 Å². The third-order valence-electron chi connectivity index (χ3n) is 5.12. The summed E-state index contributed by atoms with van der Waals surface area (Å²) in [6, 6.07) is 9.95. The molecule has 3 heterocycles. The minimum absolute atomic E-state index is 0.0782. The molecular weight excluding hydrogens is 499 g/mol. The van der Waals surface area contributed by atoms with Crippen molar-refractivity contribution in [3.05, 3.63) is 59.8 Å². The van der Waals surface area contributed by atoms with Crippen molar-refractivity contribution in [3.8, 4) is 0 Å². The molecule has 0 saturated heterocycles. The lowest BCUT2D eigenvalue weighted by atomic mass is 10.1. The van der Waals surface area contributed by atoms with E-state index in [0.29, 0.717) is 22.8 Å². The number of benzene rings is 1. The number of hydrogen-bond donors (Lipinski definition) is 3. The first-order valence-corrected chi connectivity index (χ1v) is 11.6. The minimum Gasteiger partial charge on any atom is -0.337 e. The molecule has 0 spiro atoms. The number of likely N-dealkylation sites (N-methyl/N-ethyl adjacent to an activating group) is 1. The van der Waals surface area contributed by atoms with E-state index in [2.05, 4.69) is 30.8 Å². The predicted octanol–water partition coefficient (Wildman–Crippen LogP) is 2.55. The van der Waals surface area contributed by atoms with Crippen LogP contribution in [0.15, 0.2) is 47.5 Å². The van der Waals surface area contributed by atoms with Gasteiger partial charge in [0.2, 0.25) is 17.6 Å². The summed E-state index contributed by atoms with van der Waals surface area (Å²) in [6.45, 7) is 0. The fraction of sp³-hybridized carbons (Fsp3) is 0.273. The fourth-order valence-corrected chi connectivity index (χ4v) is 4.53. The second-order valence-corrected chi connectivity index (χ2v) is 8.94. The summed E-state index contributed by atoms with van der Waals surface area (Å²) in [4.78, 5) is 47.2. The van der Waals surface area contributed by atoms with Gasteiger partial charge in [-0.1, -0.05) is 30.3 Å².